The zero-order valence-corrected chi connectivity index (χ0v) is 15.4. The van der Waals surface area contributed by atoms with E-state index in [0.717, 1.165) is 56.3 Å². The van der Waals surface area contributed by atoms with Crippen molar-refractivity contribution in [2.24, 2.45) is 0 Å². The van der Waals surface area contributed by atoms with E-state index in [1.807, 2.05) is 23.8 Å². The zero-order chi connectivity index (χ0) is 17.1. The van der Waals surface area contributed by atoms with Gasteiger partial charge in [0.1, 0.15) is 5.82 Å². The van der Waals surface area contributed by atoms with Gasteiger partial charge in [-0.15, -0.1) is 11.3 Å². The summed E-state index contributed by atoms with van der Waals surface area (Å²) in [5, 5.41) is 3.16. The Morgan fingerprint density at radius 1 is 1.16 bits per heavy atom. The van der Waals surface area contributed by atoms with Gasteiger partial charge in [0, 0.05) is 57.0 Å². The molecule has 0 radical (unpaired) electrons. The summed E-state index contributed by atoms with van der Waals surface area (Å²) >= 11 is 1.71. The van der Waals surface area contributed by atoms with Gasteiger partial charge in [-0.1, -0.05) is 0 Å². The first-order valence-electron chi connectivity index (χ1n) is 8.84. The first-order valence-corrected chi connectivity index (χ1v) is 9.72. The fourth-order valence-corrected chi connectivity index (χ4v) is 4.14. The average Bonchev–Trinajstić information content (AvgIpc) is 3.23. The van der Waals surface area contributed by atoms with E-state index in [9.17, 15) is 0 Å². The second-order valence-electron chi connectivity index (χ2n) is 6.48. The standard InChI is InChI=1S/C17H24N6OS/c1-21(14-3-2-7-23(13-14)17-19-6-12-25-17)15-4-5-18-16(20-15)22-8-10-24-11-9-22/h4-6,12,14H,2-3,7-11,13H2,1H3. The molecule has 1 atom stereocenters. The van der Waals surface area contributed by atoms with E-state index in [4.69, 9.17) is 9.72 Å². The molecule has 4 heterocycles. The Morgan fingerprint density at radius 2 is 2.04 bits per heavy atom. The molecule has 2 aliphatic rings. The van der Waals surface area contributed by atoms with Crippen LogP contribution >= 0.6 is 11.3 Å². The highest BCUT2D eigenvalue weighted by Gasteiger charge is 2.26. The number of morpholine rings is 1. The minimum atomic E-state index is 0.435. The number of hydrogen-bond donors (Lipinski definition) is 0. The largest absolute Gasteiger partial charge is 0.378 e. The van der Waals surface area contributed by atoms with Crippen LogP contribution < -0.4 is 14.7 Å². The SMILES string of the molecule is CN(c1ccnc(N2CCOCC2)n1)C1CCCN(c2nccs2)C1. The number of aromatic nitrogens is 3. The van der Waals surface area contributed by atoms with Gasteiger partial charge in [0.15, 0.2) is 5.13 Å². The summed E-state index contributed by atoms with van der Waals surface area (Å²) in [6, 6.07) is 2.44. The summed E-state index contributed by atoms with van der Waals surface area (Å²) in [5.41, 5.74) is 0. The molecule has 0 spiro atoms. The summed E-state index contributed by atoms with van der Waals surface area (Å²) in [7, 11) is 2.14. The molecule has 0 bridgehead atoms. The van der Waals surface area contributed by atoms with Crippen molar-refractivity contribution in [2.75, 3.05) is 61.1 Å². The van der Waals surface area contributed by atoms with Crippen molar-refractivity contribution in [3.8, 4) is 0 Å². The normalized spacial score (nSPS) is 21.4. The van der Waals surface area contributed by atoms with E-state index in [-0.39, 0.29) is 0 Å². The average molecular weight is 360 g/mol. The fraction of sp³-hybridized carbons (Fsp3) is 0.588. The van der Waals surface area contributed by atoms with Crippen molar-refractivity contribution in [3.63, 3.8) is 0 Å². The lowest BCUT2D eigenvalue weighted by molar-refractivity contribution is 0.122. The number of anilines is 3. The summed E-state index contributed by atoms with van der Waals surface area (Å²) in [5.74, 6) is 1.79. The van der Waals surface area contributed by atoms with Gasteiger partial charge in [0.05, 0.1) is 13.2 Å². The second kappa shape index (κ2) is 7.53. The topological polar surface area (TPSA) is 57.6 Å². The van der Waals surface area contributed by atoms with Crippen LogP contribution in [-0.4, -0.2) is 67.4 Å². The Kier molecular flexibility index (Phi) is 4.98. The number of thiazole rings is 1. The maximum Gasteiger partial charge on any atom is 0.227 e. The van der Waals surface area contributed by atoms with Gasteiger partial charge in [-0.25, -0.2) is 9.97 Å². The van der Waals surface area contributed by atoms with E-state index in [0.29, 0.717) is 6.04 Å². The maximum absolute atomic E-state index is 5.42. The van der Waals surface area contributed by atoms with Crippen LogP contribution in [0.4, 0.5) is 16.9 Å². The molecule has 2 fully saturated rings. The third-order valence-corrected chi connectivity index (χ3v) is 5.75. The van der Waals surface area contributed by atoms with Crippen LogP contribution in [0.25, 0.3) is 0 Å². The minimum Gasteiger partial charge on any atom is -0.378 e. The monoisotopic (exact) mass is 360 g/mol. The maximum atomic E-state index is 5.42. The van der Waals surface area contributed by atoms with E-state index in [1.54, 1.807) is 11.3 Å². The second-order valence-corrected chi connectivity index (χ2v) is 7.35. The van der Waals surface area contributed by atoms with E-state index < -0.39 is 0 Å². The van der Waals surface area contributed by atoms with Gasteiger partial charge in [-0.2, -0.15) is 4.98 Å². The van der Waals surface area contributed by atoms with Crippen molar-refractivity contribution in [1.29, 1.82) is 0 Å². The molecule has 0 N–H and O–H groups in total. The third-order valence-electron chi connectivity index (χ3n) is 4.92. The zero-order valence-electron chi connectivity index (χ0n) is 14.5. The number of nitrogens with zero attached hydrogens (tertiary/aromatic N) is 6. The molecule has 0 amide bonds. The van der Waals surface area contributed by atoms with Crippen LogP contribution in [0.2, 0.25) is 0 Å². The molecule has 7 nitrogen and oxygen atoms in total. The molecule has 134 valence electrons. The Balaban J connectivity index is 1.47. The highest BCUT2D eigenvalue weighted by atomic mass is 32.1. The summed E-state index contributed by atoms with van der Waals surface area (Å²) < 4.78 is 5.42. The van der Waals surface area contributed by atoms with Gasteiger partial charge in [-0.3, -0.25) is 0 Å². The van der Waals surface area contributed by atoms with Crippen molar-refractivity contribution < 1.29 is 4.74 Å². The molecule has 4 rings (SSSR count). The van der Waals surface area contributed by atoms with Crippen molar-refractivity contribution in [2.45, 2.75) is 18.9 Å². The lowest BCUT2D eigenvalue weighted by Crippen LogP contribution is -2.47. The van der Waals surface area contributed by atoms with Gasteiger partial charge < -0.3 is 19.4 Å². The fourth-order valence-electron chi connectivity index (χ4n) is 3.46. The Hall–Kier alpha value is -1.93. The van der Waals surface area contributed by atoms with E-state index in [1.165, 1.54) is 12.8 Å². The van der Waals surface area contributed by atoms with Crippen molar-refractivity contribution in [3.05, 3.63) is 23.8 Å². The molecule has 2 saturated heterocycles. The predicted molar refractivity (Wildman–Crippen MR) is 101 cm³/mol. The minimum absolute atomic E-state index is 0.435. The molecule has 1 unspecified atom stereocenters. The highest BCUT2D eigenvalue weighted by Crippen LogP contribution is 2.26. The molecular formula is C17H24N6OS. The Bertz CT molecular complexity index is 676. The molecule has 25 heavy (non-hydrogen) atoms. The van der Waals surface area contributed by atoms with Crippen molar-refractivity contribution in [1.82, 2.24) is 15.0 Å². The number of ether oxygens (including phenoxy) is 1. The summed E-state index contributed by atoms with van der Waals surface area (Å²) in [6.45, 7) is 5.27. The van der Waals surface area contributed by atoms with Gasteiger partial charge in [0.25, 0.3) is 0 Å². The molecule has 0 aromatic carbocycles. The van der Waals surface area contributed by atoms with Crippen LogP contribution in [0.5, 0.6) is 0 Å². The van der Waals surface area contributed by atoms with Crippen molar-refractivity contribution >= 4 is 28.2 Å². The van der Waals surface area contributed by atoms with Crippen LogP contribution in [0, 0.1) is 0 Å². The van der Waals surface area contributed by atoms with Crippen LogP contribution in [0.3, 0.4) is 0 Å². The molecule has 0 saturated carbocycles. The number of likely N-dealkylation sites (N-methyl/N-ethyl adjacent to an activating group) is 1. The summed E-state index contributed by atoms with van der Waals surface area (Å²) in [4.78, 5) is 20.6. The smallest absolute Gasteiger partial charge is 0.227 e. The van der Waals surface area contributed by atoms with E-state index >= 15 is 0 Å². The first-order chi connectivity index (χ1) is 12.3. The quantitative estimate of drug-likeness (QED) is 0.825. The van der Waals surface area contributed by atoms with Crippen LogP contribution in [0.15, 0.2) is 23.8 Å². The van der Waals surface area contributed by atoms with Gasteiger partial charge in [-0.05, 0) is 18.9 Å². The number of hydrogen-bond acceptors (Lipinski definition) is 8. The Labute approximate surface area is 152 Å². The molecule has 0 aliphatic carbocycles. The van der Waals surface area contributed by atoms with Crippen LogP contribution in [0.1, 0.15) is 12.8 Å². The molecule has 2 aromatic rings. The Morgan fingerprint density at radius 3 is 2.84 bits per heavy atom. The molecule has 2 aromatic heterocycles. The van der Waals surface area contributed by atoms with E-state index in [2.05, 4.69) is 31.7 Å². The first kappa shape index (κ1) is 16.5. The number of rotatable bonds is 4. The highest BCUT2D eigenvalue weighted by molar-refractivity contribution is 7.13. The lowest BCUT2D eigenvalue weighted by Gasteiger charge is -2.38. The predicted octanol–water partition coefficient (Wildman–Crippen LogP) is 1.87. The third kappa shape index (κ3) is 3.69. The van der Waals surface area contributed by atoms with Crippen LogP contribution in [-0.2, 0) is 4.74 Å². The summed E-state index contributed by atoms with van der Waals surface area (Å²) in [6.07, 6.45) is 6.10. The molecule has 2 aliphatic heterocycles. The lowest BCUT2D eigenvalue weighted by atomic mass is 10.1. The van der Waals surface area contributed by atoms with Gasteiger partial charge >= 0.3 is 0 Å². The molecule has 8 heteroatoms. The van der Waals surface area contributed by atoms with Gasteiger partial charge in [0.2, 0.25) is 5.95 Å². The molecular weight excluding hydrogens is 336 g/mol. The number of piperidine rings is 1.